The lowest BCUT2D eigenvalue weighted by molar-refractivity contribution is 0.165. The molecule has 1 N–H and O–H groups in total. The van der Waals surface area contributed by atoms with Crippen LogP contribution in [0, 0.1) is 5.82 Å². The van der Waals surface area contributed by atoms with Crippen molar-refractivity contribution in [1.29, 1.82) is 0 Å². The average Bonchev–Trinajstić information content (AvgIpc) is 2.18. The summed E-state index contributed by atoms with van der Waals surface area (Å²) in [6, 6.07) is 7.57. The molecule has 1 aromatic rings. The Kier molecular flexibility index (Phi) is 3.78. The molecule has 0 amide bonds. The average molecular weight is 222 g/mol. The van der Waals surface area contributed by atoms with E-state index in [9.17, 15) is 4.39 Å². The van der Waals surface area contributed by atoms with Crippen LogP contribution in [0.3, 0.4) is 0 Å². The van der Waals surface area contributed by atoms with Gasteiger partial charge in [-0.3, -0.25) is 0 Å². The largest absolute Gasteiger partial charge is 0.381 e. The minimum absolute atomic E-state index is 0.172. The summed E-state index contributed by atoms with van der Waals surface area (Å²) < 4.78 is 13.3. The first-order chi connectivity index (χ1) is 7.77. The normalized spacial score (nSPS) is 16.2. The van der Waals surface area contributed by atoms with Crippen molar-refractivity contribution in [3.8, 4) is 0 Å². The number of nitrogens with zero attached hydrogens (tertiary/aromatic N) is 1. The van der Waals surface area contributed by atoms with E-state index in [0.29, 0.717) is 5.69 Å². The van der Waals surface area contributed by atoms with Gasteiger partial charge in [0.25, 0.3) is 0 Å². The molecule has 0 aliphatic heterocycles. The summed E-state index contributed by atoms with van der Waals surface area (Å²) in [6.45, 7) is 1.77. The highest BCUT2D eigenvalue weighted by molar-refractivity contribution is 5.44. The van der Waals surface area contributed by atoms with E-state index >= 15 is 0 Å². The van der Waals surface area contributed by atoms with E-state index in [1.807, 2.05) is 6.07 Å². The Labute approximate surface area is 96.5 Å². The van der Waals surface area contributed by atoms with Crippen LogP contribution in [0.4, 0.5) is 10.1 Å². The van der Waals surface area contributed by atoms with E-state index in [-0.39, 0.29) is 5.82 Å². The monoisotopic (exact) mass is 222 g/mol. The molecule has 0 bridgehead atoms. The van der Waals surface area contributed by atoms with E-state index in [4.69, 9.17) is 0 Å². The van der Waals surface area contributed by atoms with Crippen molar-refractivity contribution in [3.63, 3.8) is 0 Å². The lowest BCUT2D eigenvalue weighted by Crippen LogP contribution is -2.39. The van der Waals surface area contributed by atoms with Crippen LogP contribution in [0.5, 0.6) is 0 Å². The Bertz CT molecular complexity index is 336. The summed E-state index contributed by atoms with van der Waals surface area (Å²) >= 11 is 0. The fraction of sp³-hybridized carbons (Fsp3) is 0.538. The van der Waals surface area contributed by atoms with Crippen LogP contribution in [0.2, 0.25) is 0 Å². The summed E-state index contributed by atoms with van der Waals surface area (Å²) in [5.74, 6) is -0.172. The van der Waals surface area contributed by atoms with Gasteiger partial charge in [-0.1, -0.05) is 18.6 Å². The van der Waals surface area contributed by atoms with E-state index in [0.717, 1.165) is 19.1 Å². The number of rotatable bonds is 5. The third-order valence-corrected chi connectivity index (χ3v) is 3.35. The van der Waals surface area contributed by atoms with Crippen molar-refractivity contribution in [2.45, 2.75) is 25.3 Å². The summed E-state index contributed by atoms with van der Waals surface area (Å²) in [5, 5.41) is 3.13. The fourth-order valence-electron chi connectivity index (χ4n) is 1.98. The molecular formula is C13H19FN2. The predicted molar refractivity (Wildman–Crippen MR) is 65.2 cm³/mol. The summed E-state index contributed by atoms with van der Waals surface area (Å²) in [4.78, 5) is 2.36. The molecule has 1 aliphatic carbocycles. The number of likely N-dealkylation sites (N-methyl/N-ethyl adjacent to an activating group) is 1. The predicted octanol–water partition coefficient (Wildman–Crippen LogP) is 2.72. The summed E-state index contributed by atoms with van der Waals surface area (Å²) in [6.07, 6.45) is 3.99. The van der Waals surface area contributed by atoms with Gasteiger partial charge in [0.2, 0.25) is 0 Å². The van der Waals surface area contributed by atoms with Crippen molar-refractivity contribution >= 4 is 5.69 Å². The van der Waals surface area contributed by atoms with Crippen molar-refractivity contribution in [1.82, 2.24) is 4.90 Å². The smallest absolute Gasteiger partial charge is 0.146 e. The highest BCUT2D eigenvalue weighted by atomic mass is 19.1. The first-order valence-electron chi connectivity index (χ1n) is 5.96. The molecule has 1 aromatic carbocycles. The third kappa shape index (κ3) is 2.73. The van der Waals surface area contributed by atoms with Gasteiger partial charge in [-0.2, -0.15) is 0 Å². The van der Waals surface area contributed by atoms with Crippen LogP contribution in [0.1, 0.15) is 19.3 Å². The SMILES string of the molecule is CN(CCNc1ccccc1F)C1CCC1. The minimum Gasteiger partial charge on any atom is -0.381 e. The Hall–Kier alpha value is -1.09. The Morgan fingerprint density at radius 2 is 2.12 bits per heavy atom. The number of hydrogen-bond acceptors (Lipinski definition) is 2. The maximum atomic E-state index is 13.3. The number of benzene rings is 1. The zero-order valence-electron chi connectivity index (χ0n) is 9.75. The van der Waals surface area contributed by atoms with Gasteiger partial charge in [0.05, 0.1) is 5.69 Å². The standard InChI is InChI=1S/C13H19FN2/c1-16(11-5-4-6-11)10-9-15-13-8-3-2-7-12(13)14/h2-3,7-8,11,15H,4-6,9-10H2,1H3. The molecule has 1 saturated carbocycles. The molecule has 16 heavy (non-hydrogen) atoms. The highest BCUT2D eigenvalue weighted by Gasteiger charge is 2.21. The second-order valence-electron chi connectivity index (χ2n) is 4.47. The molecule has 0 atom stereocenters. The zero-order valence-corrected chi connectivity index (χ0v) is 9.75. The molecule has 0 spiro atoms. The lowest BCUT2D eigenvalue weighted by atomic mass is 9.92. The summed E-state index contributed by atoms with van der Waals surface area (Å²) in [5.41, 5.74) is 0.601. The molecule has 1 fully saturated rings. The number of nitrogens with one attached hydrogen (secondary N) is 1. The molecule has 0 radical (unpaired) electrons. The first kappa shape index (κ1) is 11.4. The van der Waals surface area contributed by atoms with Crippen LogP contribution in [-0.4, -0.2) is 31.1 Å². The number of hydrogen-bond donors (Lipinski definition) is 1. The van der Waals surface area contributed by atoms with Crippen molar-refractivity contribution in [3.05, 3.63) is 30.1 Å². The van der Waals surface area contributed by atoms with Gasteiger partial charge in [-0.05, 0) is 32.0 Å². The van der Waals surface area contributed by atoms with Crippen LogP contribution in [0.15, 0.2) is 24.3 Å². The first-order valence-corrected chi connectivity index (χ1v) is 5.96. The van der Waals surface area contributed by atoms with Gasteiger partial charge >= 0.3 is 0 Å². The molecule has 1 aliphatic rings. The second kappa shape index (κ2) is 5.30. The van der Waals surface area contributed by atoms with Gasteiger partial charge in [0.15, 0.2) is 0 Å². The van der Waals surface area contributed by atoms with Crippen molar-refractivity contribution in [2.24, 2.45) is 0 Å². The van der Waals surface area contributed by atoms with Gasteiger partial charge in [-0.15, -0.1) is 0 Å². The maximum Gasteiger partial charge on any atom is 0.146 e. The molecule has 0 saturated heterocycles. The van der Waals surface area contributed by atoms with Crippen LogP contribution >= 0.6 is 0 Å². The Morgan fingerprint density at radius 1 is 1.38 bits per heavy atom. The topological polar surface area (TPSA) is 15.3 Å². The minimum atomic E-state index is -0.172. The van der Waals surface area contributed by atoms with Crippen LogP contribution < -0.4 is 5.32 Å². The third-order valence-electron chi connectivity index (χ3n) is 3.35. The molecule has 3 heteroatoms. The molecular weight excluding hydrogens is 203 g/mol. The van der Waals surface area contributed by atoms with Gasteiger partial charge in [0, 0.05) is 19.1 Å². The van der Waals surface area contributed by atoms with E-state index in [2.05, 4.69) is 17.3 Å². The van der Waals surface area contributed by atoms with Gasteiger partial charge in [0.1, 0.15) is 5.82 Å². The highest BCUT2D eigenvalue weighted by Crippen LogP contribution is 2.23. The number of anilines is 1. The summed E-state index contributed by atoms with van der Waals surface area (Å²) in [7, 11) is 2.15. The van der Waals surface area contributed by atoms with Gasteiger partial charge in [-0.25, -0.2) is 4.39 Å². The molecule has 0 aromatic heterocycles. The maximum absolute atomic E-state index is 13.3. The molecule has 2 rings (SSSR count). The Morgan fingerprint density at radius 3 is 2.75 bits per heavy atom. The fourth-order valence-corrected chi connectivity index (χ4v) is 1.98. The quantitative estimate of drug-likeness (QED) is 0.824. The zero-order chi connectivity index (χ0) is 11.4. The van der Waals surface area contributed by atoms with E-state index in [1.54, 1.807) is 12.1 Å². The molecule has 0 unspecified atom stereocenters. The van der Waals surface area contributed by atoms with E-state index < -0.39 is 0 Å². The van der Waals surface area contributed by atoms with Crippen LogP contribution in [-0.2, 0) is 0 Å². The van der Waals surface area contributed by atoms with Gasteiger partial charge < -0.3 is 10.2 Å². The lowest BCUT2D eigenvalue weighted by Gasteiger charge is -2.34. The van der Waals surface area contributed by atoms with Crippen molar-refractivity contribution in [2.75, 3.05) is 25.5 Å². The Balaban J connectivity index is 1.73. The number of halogens is 1. The molecule has 88 valence electrons. The molecule has 0 heterocycles. The number of para-hydroxylation sites is 1. The molecule has 2 nitrogen and oxygen atoms in total. The van der Waals surface area contributed by atoms with Crippen LogP contribution in [0.25, 0.3) is 0 Å². The second-order valence-corrected chi connectivity index (χ2v) is 4.47. The van der Waals surface area contributed by atoms with Crippen molar-refractivity contribution < 1.29 is 4.39 Å². The van der Waals surface area contributed by atoms with E-state index in [1.165, 1.54) is 25.3 Å².